The Morgan fingerprint density at radius 3 is 2.57 bits per heavy atom. The summed E-state index contributed by atoms with van der Waals surface area (Å²) >= 11 is 12.4. The maximum Gasteiger partial charge on any atom is 0.490 e. The molecular weight excluding hydrogens is 450 g/mol. The van der Waals surface area contributed by atoms with Gasteiger partial charge in [-0.25, -0.2) is 9.78 Å². The Morgan fingerprint density at radius 2 is 2.00 bits per heavy atom. The fourth-order valence-corrected chi connectivity index (χ4v) is 3.61. The summed E-state index contributed by atoms with van der Waals surface area (Å²) in [4.78, 5) is 19.8. The van der Waals surface area contributed by atoms with E-state index >= 15 is 0 Å². The SMILES string of the molecule is CN[C@@H]1CCN(c2nc(N)nc3c2oc2c(Cl)cc(Cl)cc23)C1.O=C(O)C(F)(F)F. The van der Waals surface area contributed by atoms with E-state index in [4.69, 9.17) is 43.3 Å². The standard InChI is InChI=1S/C15H15Cl2N5O.C2HF3O2/c1-19-8-2-3-22(6-8)14-13-11(20-15(18)21-14)9-4-7(16)5-10(17)12(9)23-13;3-2(4,5)1(6)7/h4-5,8,19H,2-3,6H2,1H3,(H2,18,20,21);(H,6,7)/t8-;/m1./s1. The molecule has 1 saturated heterocycles. The molecule has 0 saturated carbocycles. The van der Waals surface area contributed by atoms with Gasteiger partial charge >= 0.3 is 12.1 Å². The summed E-state index contributed by atoms with van der Waals surface area (Å²) in [6.07, 6.45) is -4.05. The van der Waals surface area contributed by atoms with Crippen LogP contribution < -0.4 is 16.0 Å². The summed E-state index contributed by atoms with van der Waals surface area (Å²) in [6, 6.07) is 3.85. The van der Waals surface area contributed by atoms with Crippen molar-refractivity contribution in [2.45, 2.75) is 18.6 Å². The maximum absolute atomic E-state index is 10.6. The molecule has 8 nitrogen and oxygen atoms in total. The van der Waals surface area contributed by atoms with E-state index in [9.17, 15) is 13.2 Å². The molecule has 4 rings (SSSR count). The number of carboxylic acid groups (broad SMARTS) is 1. The molecule has 4 N–H and O–H groups in total. The van der Waals surface area contributed by atoms with Gasteiger partial charge in [-0.15, -0.1) is 0 Å². The third kappa shape index (κ3) is 4.47. The molecule has 1 aromatic carbocycles. The zero-order valence-corrected chi connectivity index (χ0v) is 16.9. The lowest BCUT2D eigenvalue weighted by atomic mass is 10.2. The van der Waals surface area contributed by atoms with Gasteiger partial charge in [0.15, 0.2) is 17.0 Å². The maximum atomic E-state index is 10.6. The summed E-state index contributed by atoms with van der Waals surface area (Å²) in [5, 5.41) is 12.1. The molecular formula is C17H16Cl2F3N5O3. The minimum atomic E-state index is -5.08. The third-order valence-electron chi connectivity index (χ3n) is 4.47. The van der Waals surface area contributed by atoms with Crippen molar-refractivity contribution < 1.29 is 27.5 Å². The van der Waals surface area contributed by atoms with Crippen molar-refractivity contribution >= 4 is 63.0 Å². The van der Waals surface area contributed by atoms with Gasteiger partial charge in [-0.05, 0) is 25.6 Å². The number of hydrogen-bond acceptors (Lipinski definition) is 7. The van der Waals surface area contributed by atoms with E-state index in [2.05, 4.69) is 20.2 Å². The summed E-state index contributed by atoms with van der Waals surface area (Å²) < 4.78 is 37.7. The van der Waals surface area contributed by atoms with Crippen LogP contribution in [0.25, 0.3) is 22.1 Å². The summed E-state index contributed by atoms with van der Waals surface area (Å²) in [5.41, 5.74) is 7.70. The molecule has 0 bridgehead atoms. The van der Waals surface area contributed by atoms with Crippen molar-refractivity contribution in [3.05, 3.63) is 22.2 Å². The number of anilines is 2. The highest BCUT2D eigenvalue weighted by atomic mass is 35.5. The Labute approximate surface area is 177 Å². The van der Waals surface area contributed by atoms with E-state index in [0.29, 0.717) is 38.6 Å². The first-order valence-electron chi connectivity index (χ1n) is 8.58. The first-order valence-corrected chi connectivity index (χ1v) is 9.34. The summed E-state index contributed by atoms with van der Waals surface area (Å²) in [5.74, 6) is -1.85. The fourth-order valence-electron chi connectivity index (χ4n) is 3.08. The van der Waals surface area contributed by atoms with Crippen LogP contribution >= 0.6 is 23.2 Å². The Kier molecular flexibility index (Phi) is 6.16. The van der Waals surface area contributed by atoms with Crippen LogP contribution in [-0.2, 0) is 4.79 Å². The number of halogens is 5. The van der Waals surface area contributed by atoms with Crippen LogP contribution in [0.3, 0.4) is 0 Å². The fraction of sp³-hybridized carbons (Fsp3) is 0.353. The number of carboxylic acids is 1. The van der Waals surface area contributed by atoms with E-state index < -0.39 is 12.1 Å². The van der Waals surface area contributed by atoms with Gasteiger partial charge in [0.1, 0.15) is 5.52 Å². The molecule has 3 aromatic rings. The van der Waals surface area contributed by atoms with E-state index in [-0.39, 0.29) is 5.95 Å². The largest absolute Gasteiger partial charge is 0.490 e. The number of alkyl halides is 3. The Hall–Kier alpha value is -2.50. The van der Waals surface area contributed by atoms with Crippen molar-refractivity contribution in [3.63, 3.8) is 0 Å². The third-order valence-corrected chi connectivity index (χ3v) is 4.97. The number of aromatic nitrogens is 2. The number of nitrogen functional groups attached to an aromatic ring is 1. The van der Waals surface area contributed by atoms with E-state index in [0.717, 1.165) is 24.9 Å². The van der Waals surface area contributed by atoms with E-state index in [1.807, 2.05) is 7.05 Å². The zero-order chi connectivity index (χ0) is 22.2. The van der Waals surface area contributed by atoms with Crippen molar-refractivity contribution in [1.82, 2.24) is 15.3 Å². The molecule has 0 spiro atoms. The number of benzene rings is 1. The molecule has 0 radical (unpaired) electrons. The van der Waals surface area contributed by atoms with Gasteiger partial charge in [-0.2, -0.15) is 18.2 Å². The molecule has 3 heterocycles. The molecule has 0 aliphatic carbocycles. The first-order chi connectivity index (χ1) is 14.0. The number of fused-ring (bicyclic) bond motifs is 3. The number of furan rings is 1. The van der Waals surface area contributed by atoms with Crippen LogP contribution in [0.15, 0.2) is 16.5 Å². The molecule has 162 valence electrons. The van der Waals surface area contributed by atoms with E-state index in [1.54, 1.807) is 12.1 Å². The average Bonchev–Trinajstić information content (AvgIpc) is 3.26. The van der Waals surface area contributed by atoms with Crippen molar-refractivity contribution in [2.75, 3.05) is 30.8 Å². The Balaban J connectivity index is 0.000000318. The van der Waals surface area contributed by atoms with Gasteiger partial charge in [0, 0.05) is 24.2 Å². The lowest BCUT2D eigenvalue weighted by Gasteiger charge is -2.17. The number of rotatable bonds is 2. The van der Waals surface area contributed by atoms with Crippen LogP contribution in [0.5, 0.6) is 0 Å². The van der Waals surface area contributed by atoms with Crippen LogP contribution in [0.1, 0.15) is 6.42 Å². The van der Waals surface area contributed by atoms with Gasteiger partial charge in [0.2, 0.25) is 5.95 Å². The molecule has 1 atom stereocenters. The van der Waals surface area contributed by atoms with Gasteiger partial charge < -0.3 is 25.5 Å². The number of hydrogen-bond donors (Lipinski definition) is 3. The summed E-state index contributed by atoms with van der Waals surface area (Å²) in [6.45, 7) is 1.72. The predicted octanol–water partition coefficient (Wildman–Crippen LogP) is 3.70. The first kappa shape index (κ1) is 22.2. The molecule has 13 heteroatoms. The Bertz CT molecular complexity index is 1110. The lowest BCUT2D eigenvalue weighted by molar-refractivity contribution is -0.192. The van der Waals surface area contributed by atoms with Crippen molar-refractivity contribution in [1.29, 1.82) is 0 Å². The number of nitrogens with two attached hydrogens (primary N) is 1. The quantitative estimate of drug-likeness (QED) is 0.524. The number of nitrogens with one attached hydrogen (secondary N) is 1. The zero-order valence-electron chi connectivity index (χ0n) is 15.4. The van der Waals surface area contributed by atoms with Gasteiger partial charge in [-0.1, -0.05) is 23.2 Å². The molecule has 2 aromatic heterocycles. The monoisotopic (exact) mass is 465 g/mol. The molecule has 0 unspecified atom stereocenters. The highest BCUT2D eigenvalue weighted by molar-refractivity contribution is 6.39. The number of nitrogens with zero attached hydrogens (tertiary/aromatic N) is 3. The normalized spacial score (nSPS) is 16.7. The van der Waals surface area contributed by atoms with E-state index in [1.165, 1.54) is 0 Å². The second-order valence-corrected chi connectivity index (χ2v) is 7.32. The Morgan fingerprint density at radius 1 is 1.33 bits per heavy atom. The second kappa shape index (κ2) is 8.32. The average molecular weight is 466 g/mol. The van der Waals surface area contributed by atoms with Crippen molar-refractivity contribution in [2.24, 2.45) is 0 Å². The van der Waals surface area contributed by atoms with Gasteiger partial charge in [0.05, 0.1) is 10.4 Å². The predicted molar refractivity (Wildman–Crippen MR) is 107 cm³/mol. The minimum Gasteiger partial charge on any atom is -0.475 e. The molecule has 1 fully saturated rings. The van der Waals surface area contributed by atoms with Gasteiger partial charge in [-0.3, -0.25) is 0 Å². The molecule has 1 aliphatic rings. The molecule has 0 amide bonds. The molecule has 30 heavy (non-hydrogen) atoms. The number of aliphatic carboxylic acids is 1. The summed E-state index contributed by atoms with van der Waals surface area (Å²) in [7, 11) is 1.96. The minimum absolute atomic E-state index is 0.208. The number of likely N-dealkylation sites (N-methyl/N-ethyl adjacent to an activating group) is 1. The highest BCUT2D eigenvalue weighted by Gasteiger charge is 2.38. The topological polar surface area (TPSA) is 118 Å². The second-order valence-electron chi connectivity index (χ2n) is 6.47. The van der Waals surface area contributed by atoms with Crippen LogP contribution in [0, 0.1) is 0 Å². The van der Waals surface area contributed by atoms with Gasteiger partial charge in [0.25, 0.3) is 0 Å². The highest BCUT2D eigenvalue weighted by Crippen LogP contribution is 2.38. The molecule has 1 aliphatic heterocycles. The van der Waals surface area contributed by atoms with Crippen molar-refractivity contribution in [3.8, 4) is 0 Å². The van der Waals surface area contributed by atoms with Crippen LogP contribution in [0.4, 0.5) is 24.9 Å². The van der Waals surface area contributed by atoms with Crippen LogP contribution in [-0.4, -0.2) is 53.4 Å². The van der Waals surface area contributed by atoms with Crippen LogP contribution in [0.2, 0.25) is 10.0 Å². The smallest absolute Gasteiger partial charge is 0.475 e. The lowest BCUT2D eigenvalue weighted by Crippen LogP contribution is -2.30. The number of carbonyl (C=O) groups is 1.